The van der Waals surface area contributed by atoms with Crippen LogP contribution in [0, 0.1) is 6.92 Å². The first-order valence-electron chi connectivity index (χ1n) is 12.4. The van der Waals surface area contributed by atoms with Crippen LogP contribution in [0.15, 0.2) is 54.7 Å². The maximum absolute atomic E-state index is 13.4. The van der Waals surface area contributed by atoms with Crippen LogP contribution in [0.2, 0.25) is 0 Å². The highest BCUT2D eigenvalue weighted by atomic mass is 19.4. The predicted molar refractivity (Wildman–Crippen MR) is 137 cm³/mol. The fourth-order valence-electron chi connectivity index (χ4n) is 4.58. The fourth-order valence-corrected chi connectivity index (χ4v) is 4.58. The zero-order valence-corrected chi connectivity index (χ0v) is 21.9. The number of aromatic nitrogens is 1. The number of benzene rings is 2. The van der Waals surface area contributed by atoms with Crippen molar-refractivity contribution < 1.29 is 35.9 Å². The molecule has 3 aromatic rings. The summed E-state index contributed by atoms with van der Waals surface area (Å²) >= 11 is 0. The Labute approximate surface area is 226 Å². The number of alkyl halides is 6. The quantitative estimate of drug-likeness (QED) is 0.304. The van der Waals surface area contributed by atoms with Crippen molar-refractivity contribution in [3.63, 3.8) is 0 Å². The maximum atomic E-state index is 13.4. The van der Waals surface area contributed by atoms with E-state index >= 15 is 0 Å². The van der Waals surface area contributed by atoms with E-state index in [9.17, 15) is 35.9 Å². The van der Waals surface area contributed by atoms with Crippen LogP contribution < -0.4 is 11.1 Å². The van der Waals surface area contributed by atoms with E-state index < -0.39 is 58.1 Å². The number of anilines is 1. The standard InChI is InChI=1S/C29H27F6N3O2/c1-16-6-4-5-7-20(16)21-13-23(27(8-9-27)25(36)40)38-14-22(21)37-15-24(39)26(2,3)17-10-18(28(30,31)32)12-19(11-17)29(33,34)35/h4-7,10-14,37H,8-9,15H2,1-3H3,(H2,36,40). The number of nitrogens with one attached hydrogen (secondary N) is 1. The first kappa shape index (κ1) is 29.1. The summed E-state index contributed by atoms with van der Waals surface area (Å²) in [5.74, 6) is -1.14. The zero-order valence-electron chi connectivity index (χ0n) is 21.9. The van der Waals surface area contributed by atoms with Gasteiger partial charge in [0.2, 0.25) is 5.91 Å². The average molecular weight is 564 g/mol. The summed E-state index contributed by atoms with van der Waals surface area (Å²) in [6.07, 6.45) is -7.51. The molecule has 1 aliphatic carbocycles. The first-order valence-corrected chi connectivity index (χ1v) is 12.4. The number of carbonyl (C=O) groups is 2. The van der Waals surface area contributed by atoms with Crippen LogP contribution in [-0.2, 0) is 32.8 Å². The number of ketones is 1. The minimum Gasteiger partial charge on any atom is -0.376 e. The van der Waals surface area contributed by atoms with Gasteiger partial charge < -0.3 is 11.1 Å². The zero-order chi connectivity index (χ0) is 29.7. The molecular formula is C29H27F6N3O2. The van der Waals surface area contributed by atoms with Crippen molar-refractivity contribution in [3.05, 3.63) is 82.7 Å². The van der Waals surface area contributed by atoms with E-state index in [0.29, 0.717) is 41.9 Å². The molecule has 40 heavy (non-hydrogen) atoms. The molecule has 1 aromatic heterocycles. The normalized spacial score (nSPS) is 15.0. The van der Waals surface area contributed by atoms with Gasteiger partial charge >= 0.3 is 12.4 Å². The van der Waals surface area contributed by atoms with E-state index in [1.807, 2.05) is 31.2 Å². The van der Waals surface area contributed by atoms with Gasteiger partial charge in [-0.15, -0.1) is 0 Å². The lowest BCUT2D eigenvalue weighted by Crippen LogP contribution is -2.35. The molecule has 0 radical (unpaired) electrons. The van der Waals surface area contributed by atoms with Gasteiger partial charge in [-0.3, -0.25) is 14.6 Å². The minimum atomic E-state index is -5.03. The Hall–Kier alpha value is -3.89. The molecule has 0 unspecified atom stereocenters. The third-order valence-corrected chi connectivity index (χ3v) is 7.50. The van der Waals surface area contributed by atoms with Crippen molar-refractivity contribution >= 4 is 17.4 Å². The Kier molecular flexibility index (Phi) is 7.23. The van der Waals surface area contributed by atoms with Gasteiger partial charge in [0, 0.05) is 5.56 Å². The fraction of sp³-hybridized carbons (Fsp3) is 0.345. The monoisotopic (exact) mass is 563 g/mol. The Bertz CT molecular complexity index is 1440. The topological polar surface area (TPSA) is 85.1 Å². The number of amides is 1. The Morgan fingerprint density at radius 3 is 1.95 bits per heavy atom. The molecule has 0 aliphatic heterocycles. The van der Waals surface area contributed by atoms with Crippen LogP contribution in [0.1, 0.15) is 54.6 Å². The minimum absolute atomic E-state index is 0.0305. The van der Waals surface area contributed by atoms with E-state index in [0.717, 1.165) is 11.1 Å². The summed E-state index contributed by atoms with van der Waals surface area (Å²) < 4.78 is 80.4. The van der Waals surface area contributed by atoms with E-state index in [1.54, 1.807) is 6.07 Å². The van der Waals surface area contributed by atoms with Crippen molar-refractivity contribution in [3.8, 4) is 11.1 Å². The lowest BCUT2D eigenvalue weighted by molar-refractivity contribution is -0.143. The molecule has 0 bridgehead atoms. The number of carbonyl (C=O) groups excluding carboxylic acids is 2. The smallest absolute Gasteiger partial charge is 0.376 e. The molecule has 4 rings (SSSR count). The molecule has 2 aromatic carbocycles. The number of rotatable bonds is 8. The van der Waals surface area contributed by atoms with Crippen LogP contribution in [-0.4, -0.2) is 23.2 Å². The lowest BCUT2D eigenvalue weighted by atomic mass is 9.79. The molecule has 0 atom stereocenters. The van der Waals surface area contributed by atoms with Gasteiger partial charge in [0.1, 0.15) is 0 Å². The van der Waals surface area contributed by atoms with E-state index in [2.05, 4.69) is 10.3 Å². The highest BCUT2D eigenvalue weighted by Crippen LogP contribution is 2.48. The first-order chi connectivity index (χ1) is 18.5. The van der Waals surface area contributed by atoms with Gasteiger partial charge in [-0.25, -0.2) is 0 Å². The van der Waals surface area contributed by atoms with E-state index in [4.69, 9.17) is 5.73 Å². The van der Waals surface area contributed by atoms with E-state index in [-0.39, 0.29) is 6.07 Å². The number of nitrogens with two attached hydrogens (primary N) is 1. The molecule has 1 fully saturated rings. The summed E-state index contributed by atoms with van der Waals surface area (Å²) in [4.78, 5) is 29.8. The second kappa shape index (κ2) is 9.94. The van der Waals surface area contributed by atoms with E-state index in [1.165, 1.54) is 20.0 Å². The van der Waals surface area contributed by atoms with Gasteiger partial charge in [0.25, 0.3) is 0 Å². The number of hydrogen-bond acceptors (Lipinski definition) is 4. The summed E-state index contributed by atoms with van der Waals surface area (Å²) in [5.41, 5.74) is 2.85. The number of pyridine rings is 1. The molecule has 5 nitrogen and oxygen atoms in total. The molecule has 3 N–H and O–H groups in total. The summed E-state index contributed by atoms with van der Waals surface area (Å²) in [6, 6.07) is 10.3. The number of primary amides is 1. The van der Waals surface area contributed by atoms with Gasteiger partial charge in [-0.2, -0.15) is 26.3 Å². The average Bonchev–Trinajstić information content (AvgIpc) is 3.69. The van der Waals surface area contributed by atoms with Crippen molar-refractivity contribution in [2.75, 3.05) is 11.9 Å². The molecule has 1 saturated carbocycles. The molecule has 0 saturated heterocycles. The number of nitrogens with zero attached hydrogens (tertiary/aromatic N) is 1. The van der Waals surface area contributed by atoms with Gasteiger partial charge in [0.15, 0.2) is 5.78 Å². The molecule has 1 heterocycles. The van der Waals surface area contributed by atoms with Crippen molar-refractivity contribution in [1.82, 2.24) is 4.98 Å². The molecule has 1 amide bonds. The number of halogens is 6. The highest BCUT2D eigenvalue weighted by molar-refractivity contribution is 5.94. The SMILES string of the molecule is Cc1ccccc1-c1cc(C2(C(N)=O)CC2)ncc1NCC(=O)C(C)(C)c1cc(C(F)(F)F)cc(C(F)(F)F)c1. The molecule has 212 valence electrons. The van der Waals surface area contributed by atoms with Crippen molar-refractivity contribution in [2.45, 2.75) is 56.8 Å². The van der Waals surface area contributed by atoms with Crippen LogP contribution in [0.3, 0.4) is 0 Å². The maximum Gasteiger partial charge on any atom is 0.416 e. The van der Waals surface area contributed by atoms with Gasteiger partial charge in [0.05, 0.1) is 46.1 Å². The Morgan fingerprint density at radius 1 is 0.900 bits per heavy atom. The summed E-state index contributed by atoms with van der Waals surface area (Å²) in [5, 5.41) is 2.96. The number of Topliss-reactive ketones (excluding diaryl/α,β-unsaturated/α-hetero) is 1. The van der Waals surface area contributed by atoms with Crippen LogP contribution in [0.5, 0.6) is 0 Å². The lowest BCUT2D eigenvalue weighted by Gasteiger charge is -2.27. The van der Waals surface area contributed by atoms with Crippen LogP contribution >= 0.6 is 0 Å². The van der Waals surface area contributed by atoms with Crippen molar-refractivity contribution in [1.29, 1.82) is 0 Å². The van der Waals surface area contributed by atoms with Crippen molar-refractivity contribution in [2.24, 2.45) is 5.73 Å². The Morgan fingerprint density at radius 2 is 1.45 bits per heavy atom. The molecule has 11 heteroatoms. The third kappa shape index (κ3) is 5.55. The third-order valence-electron chi connectivity index (χ3n) is 7.50. The second-order valence-electron chi connectivity index (χ2n) is 10.6. The molecule has 1 aliphatic rings. The highest BCUT2D eigenvalue weighted by Gasteiger charge is 2.51. The number of aryl methyl sites for hydroxylation is 1. The van der Waals surface area contributed by atoms with Crippen LogP contribution in [0.4, 0.5) is 32.0 Å². The summed E-state index contributed by atoms with van der Waals surface area (Å²) in [6.45, 7) is 4.02. The molecule has 0 spiro atoms. The second-order valence-corrected chi connectivity index (χ2v) is 10.6. The number of hydrogen-bond donors (Lipinski definition) is 2. The van der Waals surface area contributed by atoms with Crippen LogP contribution in [0.25, 0.3) is 11.1 Å². The summed E-state index contributed by atoms with van der Waals surface area (Å²) in [7, 11) is 0. The Balaban J connectivity index is 1.68. The molecular weight excluding hydrogens is 536 g/mol. The largest absolute Gasteiger partial charge is 0.416 e. The van der Waals surface area contributed by atoms with Gasteiger partial charge in [-0.05, 0) is 74.6 Å². The predicted octanol–water partition coefficient (Wildman–Crippen LogP) is 6.57. The van der Waals surface area contributed by atoms with Gasteiger partial charge in [-0.1, -0.05) is 24.3 Å².